The predicted octanol–water partition coefficient (Wildman–Crippen LogP) is 5.33. The summed E-state index contributed by atoms with van der Waals surface area (Å²) in [5.41, 5.74) is 0. The summed E-state index contributed by atoms with van der Waals surface area (Å²) in [6.45, 7) is 8.87. The van der Waals surface area contributed by atoms with Crippen molar-refractivity contribution in [3.8, 4) is 0 Å². The first-order valence-electron chi connectivity index (χ1n) is 10.9. The Morgan fingerprint density at radius 1 is 0.708 bits per heavy atom. The molecule has 0 aromatic carbocycles. The quantitative estimate of drug-likeness (QED) is 0.460. The number of rotatable bonds is 13. The number of unbranched alkanes of at least 4 members (excludes halogenated alkanes) is 8. The first kappa shape index (κ1) is 20.2. The molecule has 142 valence electrons. The second-order valence-electron chi connectivity index (χ2n) is 8.41. The highest BCUT2D eigenvalue weighted by Gasteiger charge is 2.41. The van der Waals surface area contributed by atoms with Crippen LogP contribution in [0.4, 0.5) is 0 Å². The molecule has 2 rings (SSSR count). The van der Waals surface area contributed by atoms with Crippen LogP contribution in [0.5, 0.6) is 0 Å². The Labute approximate surface area is 150 Å². The lowest BCUT2D eigenvalue weighted by Crippen LogP contribution is -2.36. The van der Waals surface area contributed by atoms with Crippen LogP contribution in [-0.4, -0.2) is 47.4 Å². The van der Waals surface area contributed by atoms with Gasteiger partial charge in [-0.3, -0.25) is 4.90 Å². The van der Waals surface area contributed by atoms with E-state index in [1.165, 1.54) is 90.1 Å². The molecule has 2 heterocycles. The highest BCUT2D eigenvalue weighted by Crippen LogP contribution is 2.33. The van der Waals surface area contributed by atoms with Crippen molar-refractivity contribution in [1.29, 1.82) is 0 Å². The first-order valence-corrected chi connectivity index (χ1v) is 10.9. The summed E-state index contributed by atoms with van der Waals surface area (Å²) in [5, 5.41) is 11.3. The lowest BCUT2D eigenvalue weighted by molar-refractivity contribution is -0.0776. The first-order chi connectivity index (χ1) is 11.7. The van der Waals surface area contributed by atoms with Gasteiger partial charge in [-0.2, -0.15) is 5.06 Å². The molecular formula is C21H42N2O. The molecule has 0 spiro atoms. The van der Waals surface area contributed by atoms with Gasteiger partial charge in [0, 0.05) is 32.2 Å². The molecule has 0 aliphatic carbocycles. The topological polar surface area (TPSA) is 26.7 Å². The molecule has 2 atom stereocenters. The smallest absolute Gasteiger partial charge is 0.0282 e. The third-order valence-electron chi connectivity index (χ3n) is 6.29. The van der Waals surface area contributed by atoms with Crippen molar-refractivity contribution in [3.63, 3.8) is 0 Å². The van der Waals surface area contributed by atoms with Crippen LogP contribution in [0, 0.1) is 11.8 Å². The van der Waals surface area contributed by atoms with E-state index >= 15 is 0 Å². The van der Waals surface area contributed by atoms with Crippen molar-refractivity contribution < 1.29 is 5.21 Å². The fourth-order valence-corrected chi connectivity index (χ4v) is 4.78. The van der Waals surface area contributed by atoms with E-state index in [9.17, 15) is 5.21 Å². The molecule has 24 heavy (non-hydrogen) atoms. The average Bonchev–Trinajstić information content (AvgIpc) is 3.09. The Kier molecular flexibility index (Phi) is 9.67. The molecule has 0 radical (unpaired) electrons. The zero-order valence-electron chi connectivity index (χ0n) is 16.4. The lowest BCUT2D eigenvalue weighted by Gasteiger charge is -2.29. The van der Waals surface area contributed by atoms with Gasteiger partial charge in [0.05, 0.1) is 0 Å². The third kappa shape index (κ3) is 6.65. The van der Waals surface area contributed by atoms with Crippen LogP contribution >= 0.6 is 0 Å². The molecule has 2 fully saturated rings. The fraction of sp³-hybridized carbons (Fsp3) is 1.00. The Morgan fingerprint density at radius 2 is 1.17 bits per heavy atom. The molecular weight excluding hydrogens is 296 g/mol. The Bertz CT molecular complexity index is 295. The van der Waals surface area contributed by atoms with Gasteiger partial charge in [0.25, 0.3) is 0 Å². The summed E-state index contributed by atoms with van der Waals surface area (Å²) >= 11 is 0. The maximum Gasteiger partial charge on any atom is 0.0282 e. The zero-order chi connectivity index (χ0) is 17.2. The van der Waals surface area contributed by atoms with Gasteiger partial charge in [0.15, 0.2) is 0 Å². The number of fused-ring (bicyclic) bond motifs is 1. The summed E-state index contributed by atoms with van der Waals surface area (Å²) in [6.07, 6.45) is 16.8. The molecule has 1 N–H and O–H groups in total. The van der Waals surface area contributed by atoms with Crippen molar-refractivity contribution >= 4 is 0 Å². The Hall–Kier alpha value is -0.120. The molecule has 2 unspecified atom stereocenters. The van der Waals surface area contributed by atoms with Crippen LogP contribution in [0.25, 0.3) is 0 Å². The number of likely N-dealkylation sites (tertiary alicyclic amines) is 1. The van der Waals surface area contributed by atoms with Crippen LogP contribution in [0.2, 0.25) is 0 Å². The van der Waals surface area contributed by atoms with Crippen molar-refractivity contribution in [2.75, 3.05) is 26.2 Å². The molecule has 0 saturated carbocycles. The summed E-state index contributed by atoms with van der Waals surface area (Å²) < 4.78 is 0. The van der Waals surface area contributed by atoms with Crippen LogP contribution in [0.1, 0.15) is 90.9 Å². The van der Waals surface area contributed by atoms with Crippen molar-refractivity contribution in [2.24, 2.45) is 11.8 Å². The van der Waals surface area contributed by atoms with E-state index in [2.05, 4.69) is 18.7 Å². The highest BCUT2D eigenvalue weighted by atomic mass is 16.5. The zero-order valence-corrected chi connectivity index (χ0v) is 16.4. The minimum atomic E-state index is 0.720. The van der Waals surface area contributed by atoms with Gasteiger partial charge < -0.3 is 5.21 Å². The van der Waals surface area contributed by atoms with Crippen molar-refractivity contribution in [1.82, 2.24) is 9.96 Å². The summed E-state index contributed by atoms with van der Waals surface area (Å²) in [5.74, 6) is 1.44. The van der Waals surface area contributed by atoms with Gasteiger partial charge in [-0.15, -0.1) is 0 Å². The van der Waals surface area contributed by atoms with E-state index in [1.54, 1.807) is 5.06 Å². The minimum absolute atomic E-state index is 0.720. The maximum absolute atomic E-state index is 9.72. The monoisotopic (exact) mass is 338 g/mol. The number of nitrogens with zero attached hydrogens (tertiary/aromatic N) is 2. The number of hydrogen-bond acceptors (Lipinski definition) is 3. The molecule has 0 aromatic heterocycles. The van der Waals surface area contributed by atoms with Gasteiger partial charge in [-0.05, 0) is 24.7 Å². The van der Waals surface area contributed by atoms with Crippen LogP contribution in [-0.2, 0) is 0 Å². The fourth-order valence-electron chi connectivity index (χ4n) is 4.78. The molecule has 0 amide bonds. The summed E-state index contributed by atoms with van der Waals surface area (Å²) in [4.78, 5) is 2.79. The van der Waals surface area contributed by atoms with Crippen LogP contribution in [0.15, 0.2) is 0 Å². The molecule has 3 heteroatoms. The number of hydroxylamine groups is 2. The Morgan fingerprint density at radius 3 is 1.62 bits per heavy atom. The largest absolute Gasteiger partial charge is 0.314 e. The second kappa shape index (κ2) is 11.5. The molecule has 2 aliphatic rings. The third-order valence-corrected chi connectivity index (χ3v) is 6.29. The molecule has 2 saturated heterocycles. The average molecular weight is 339 g/mol. The summed E-state index contributed by atoms with van der Waals surface area (Å²) in [6, 6.07) is 0.811. The molecule has 0 bridgehead atoms. The van der Waals surface area contributed by atoms with Crippen LogP contribution in [0.3, 0.4) is 0 Å². The van der Waals surface area contributed by atoms with E-state index in [-0.39, 0.29) is 0 Å². The maximum atomic E-state index is 9.72. The normalized spacial score (nSPS) is 25.0. The lowest BCUT2D eigenvalue weighted by atomic mass is 9.99. The molecule has 3 nitrogen and oxygen atoms in total. The van der Waals surface area contributed by atoms with Crippen LogP contribution < -0.4 is 0 Å². The van der Waals surface area contributed by atoms with E-state index in [0.717, 1.165) is 31.0 Å². The Balaban J connectivity index is 1.72. The van der Waals surface area contributed by atoms with Gasteiger partial charge in [-0.25, -0.2) is 0 Å². The second-order valence-corrected chi connectivity index (χ2v) is 8.41. The SMILES string of the molecule is CCCCCCCC(CCCCCCC)N1CC2CN(O)CC2C1. The van der Waals surface area contributed by atoms with Gasteiger partial charge in [-0.1, -0.05) is 78.1 Å². The van der Waals surface area contributed by atoms with E-state index in [1.807, 2.05) is 0 Å². The van der Waals surface area contributed by atoms with E-state index in [4.69, 9.17) is 0 Å². The van der Waals surface area contributed by atoms with Crippen molar-refractivity contribution in [2.45, 2.75) is 96.9 Å². The standard InChI is InChI=1S/C21H42N2O/c1-3-5-7-9-11-13-21(14-12-10-8-6-4-2)22-15-19-17-23(24)18-20(19)16-22/h19-21,24H,3-18H2,1-2H3. The predicted molar refractivity (Wildman–Crippen MR) is 102 cm³/mol. The van der Waals surface area contributed by atoms with Gasteiger partial charge >= 0.3 is 0 Å². The van der Waals surface area contributed by atoms with E-state index in [0.29, 0.717) is 0 Å². The van der Waals surface area contributed by atoms with Crippen molar-refractivity contribution in [3.05, 3.63) is 0 Å². The van der Waals surface area contributed by atoms with Gasteiger partial charge in [0.2, 0.25) is 0 Å². The molecule has 0 aromatic rings. The van der Waals surface area contributed by atoms with Gasteiger partial charge in [0.1, 0.15) is 0 Å². The summed E-state index contributed by atoms with van der Waals surface area (Å²) in [7, 11) is 0. The number of hydrogen-bond donors (Lipinski definition) is 1. The molecule has 2 aliphatic heterocycles. The minimum Gasteiger partial charge on any atom is -0.314 e. The van der Waals surface area contributed by atoms with E-state index < -0.39 is 0 Å². The highest BCUT2D eigenvalue weighted by molar-refractivity contribution is 4.93.